The largest absolute Gasteiger partial charge is 0.484 e. The van der Waals surface area contributed by atoms with E-state index in [1.807, 2.05) is 50.2 Å². The average Bonchev–Trinajstić information content (AvgIpc) is 2.96. The summed E-state index contributed by atoms with van der Waals surface area (Å²) in [5.41, 5.74) is 3.30. The Morgan fingerprint density at radius 2 is 1.88 bits per heavy atom. The van der Waals surface area contributed by atoms with Gasteiger partial charge in [0.2, 0.25) is 0 Å². The lowest BCUT2D eigenvalue weighted by Crippen LogP contribution is -2.18. The average molecular weight is 344 g/mol. The summed E-state index contributed by atoms with van der Waals surface area (Å²) in [6.07, 6.45) is 1.66. The quantitative estimate of drug-likeness (QED) is 0.775. The van der Waals surface area contributed by atoms with Crippen molar-refractivity contribution in [2.45, 2.75) is 20.5 Å². The first-order valence-electron chi connectivity index (χ1n) is 7.64. The van der Waals surface area contributed by atoms with Gasteiger partial charge in [0.25, 0.3) is 5.91 Å². The maximum atomic E-state index is 12.5. The molecule has 0 unspecified atom stereocenters. The monoisotopic (exact) mass is 343 g/mol. The van der Waals surface area contributed by atoms with Crippen molar-refractivity contribution in [3.63, 3.8) is 0 Å². The molecule has 0 aliphatic heterocycles. The molecule has 0 bridgehead atoms. The zero-order valence-corrected chi connectivity index (χ0v) is 14.3. The van der Waals surface area contributed by atoms with Gasteiger partial charge in [0.1, 0.15) is 5.75 Å². The Morgan fingerprint density at radius 3 is 2.54 bits per heavy atom. The zero-order chi connectivity index (χ0) is 17.3. The molecular weight excluding hydrogens is 326 g/mol. The summed E-state index contributed by atoms with van der Waals surface area (Å²) in [4.78, 5) is 12.5. The van der Waals surface area contributed by atoms with Crippen LogP contribution in [0.15, 0.2) is 42.6 Å². The fourth-order valence-corrected chi connectivity index (χ4v) is 2.90. The smallest absolute Gasteiger partial charge is 0.268 e. The number of carbonyl (C=O) groups excluding carboxylic acids is 1. The normalized spacial score (nSPS) is 11.0. The molecule has 2 aromatic carbocycles. The maximum absolute atomic E-state index is 12.5. The molecule has 3 rings (SSSR count). The van der Waals surface area contributed by atoms with Crippen molar-refractivity contribution in [1.29, 1.82) is 0 Å². The van der Waals surface area contributed by atoms with Crippen LogP contribution in [-0.2, 0) is 6.61 Å². The van der Waals surface area contributed by atoms with Crippen LogP contribution in [0.25, 0.3) is 10.9 Å². The van der Waals surface area contributed by atoms with Crippen molar-refractivity contribution in [1.82, 2.24) is 4.57 Å². The molecule has 0 radical (unpaired) electrons. The van der Waals surface area contributed by atoms with Crippen LogP contribution in [0, 0.1) is 13.8 Å². The number of halogens is 1. The van der Waals surface area contributed by atoms with Gasteiger partial charge in [-0.3, -0.25) is 9.36 Å². The van der Waals surface area contributed by atoms with Crippen molar-refractivity contribution in [2.75, 3.05) is 6.61 Å². The fraction of sp³-hybridized carbons (Fsp3) is 0.211. The van der Waals surface area contributed by atoms with Gasteiger partial charge in [-0.25, -0.2) is 0 Å². The first-order valence-corrected chi connectivity index (χ1v) is 8.01. The molecule has 0 aliphatic rings. The van der Waals surface area contributed by atoms with E-state index >= 15 is 0 Å². The molecular formula is C19H18ClNO3. The first-order chi connectivity index (χ1) is 11.5. The van der Waals surface area contributed by atoms with Gasteiger partial charge < -0.3 is 9.84 Å². The summed E-state index contributed by atoms with van der Waals surface area (Å²) in [7, 11) is 0. The van der Waals surface area contributed by atoms with Gasteiger partial charge in [-0.1, -0.05) is 29.8 Å². The number of carbonyl (C=O) groups is 1. The Bertz CT molecular complexity index is 891. The van der Waals surface area contributed by atoms with E-state index in [1.54, 1.807) is 6.20 Å². The molecule has 5 heteroatoms. The lowest BCUT2D eigenvalue weighted by molar-refractivity contribution is 0.0842. The zero-order valence-electron chi connectivity index (χ0n) is 13.5. The first kappa shape index (κ1) is 16.6. The second-order valence-corrected chi connectivity index (χ2v) is 6.13. The molecule has 0 spiro atoms. The summed E-state index contributed by atoms with van der Waals surface area (Å²) in [5, 5.41) is 11.0. The van der Waals surface area contributed by atoms with Crippen LogP contribution < -0.4 is 4.74 Å². The van der Waals surface area contributed by atoms with Crippen molar-refractivity contribution in [2.24, 2.45) is 0 Å². The SMILES string of the molecule is Cc1cc(OCC(=O)n2cc(CO)c3ccccc32)cc(C)c1Cl. The van der Waals surface area contributed by atoms with E-state index in [2.05, 4.69) is 0 Å². The standard InChI is InChI=1S/C19H18ClNO3/c1-12-7-15(8-13(2)19(12)20)24-11-18(23)21-9-14(10-22)16-5-3-4-6-17(16)21/h3-9,22H,10-11H2,1-2H3. The minimum absolute atomic E-state index is 0.0932. The topological polar surface area (TPSA) is 51.5 Å². The predicted molar refractivity (Wildman–Crippen MR) is 94.9 cm³/mol. The summed E-state index contributed by atoms with van der Waals surface area (Å²) in [6.45, 7) is 3.59. The van der Waals surface area contributed by atoms with Gasteiger partial charge >= 0.3 is 0 Å². The van der Waals surface area contributed by atoms with Gasteiger partial charge in [-0.05, 0) is 43.2 Å². The number of aryl methyl sites for hydroxylation is 2. The van der Waals surface area contributed by atoms with Gasteiger partial charge in [0.15, 0.2) is 6.61 Å². The second kappa shape index (κ2) is 6.67. The van der Waals surface area contributed by atoms with Crippen molar-refractivity contribution >= 4 is 28.4 Å². The van der Waals surface area contributed by atoms with E-state index in [-0.39, 0.29) is 19.1 Å². The van der Waals surface area contributed by atoms with Gasteiger partial charge in [-0.15, -0.1) is 0 Å². The molecule has 24 heavy (non-hydrogen) atoms. The van der Waals surface area contributed by atoms with Gasteiger partial charge in [-0.2, -0.15) is 0 Å². The Hall–Kier alpha value is -2.30. The minimum Gasteiger partial charge on any atom is -0.484 e. The van der Waals surface area contributed by atoms with Crippen LogP contribution in [0.2, 0.25) is 5.02 Å². The number of hydrogen-bond donors (Lipinski definition) is 1. The predicted octanol–water partition coefficient (Wildman–Crippen LogP) is 4.12. The number of fused-ring (bicyclic) bond motifs is 1. The number of hydrogen-bond acceptors (Lipinski definition) is 3. The maximum Gasteiger partial charge on any atom is 0.268 e. The lowest BCUT2D eigenvalue weighted by Gasteiger charge is -2.10. The van der Waals surface area contributed by atoms with Crippen LogP contribution in [0.5, 0.6) is 5.75 Å². The summed E-state index contributed by atoms with van der Waals surface area (Å²) in [6, 6.07) is 11.1. The second-order valence-electron chi connectivity index (χ2n) is 5.75. The van der Waals surface area contributed by atoms with Gasteiger partial charge in [0, 0.05) is 22.2 Å². The highest BCUT2D eigenvalue weighted by Crippen LogP contribution is 2.26. The Balaban J connectivity index is 1.83. The number of aliphatic hydroxyl groups excluding tert-OH is 1. The van der Waals surface area contributed by atoms with Crippen molar-refractivity contribution in [3.05, 3.63) is 64.3 Å². The van der Waals surface area contributed by atoms with E-state index in [9.17, 15) is 9.90 Å². The Morgan fingerprint density at radius 1 is 1.21 bits per heavy atom. The fourth-order valence-electron chi connectivity index (χ4n) is 2.79. The van der Waals surface area contributed by atoms with E-state index in [4.69, 9.17) is 16.3 Å². The minimum atomic E-state index is -0.198. The van der Waals surface area contributed by atoms with Crippen molar-refractivity contribution < 1.29 is 14.6 Å². The third-order valence-corrected chi connectivity index (χ3v) is 4.60. The molecule has 3 aromatic rings. The molecule has 124 valence electrons. The molecule has 0 amide bonds. The van der Waals surface area contributed by atoms with Crippen molar-refractivity contribution in [3.8, 4) is 5.75 Å². The third kappa shape index (κ3) is 3.03. The molecule has 4 nitrogen and oxygen atoms in total. The number of ether oxygens (including phenoxy) is 1. The van der Waals surface area contributed by atoms with E-state index in [0.29, 0.717) is 10.8 Å². The van der Waals surface area contributed by atoms with E-state index < -0.39 is 0 Å². The van der Waals surface area contributed by atoms with Crippen LogP contribution in [0.3, 0.4) is 0 Å². The summed E-state index contributed by atoms with van der Waals surface area (Å²) >= 11 is 6.14. The lowest BCUT2D eigenvalue weighted by atomic mass is 10.1. The van der Waals surface area contributed by atoms with Crippen LogP contribution in [-0.4, -0.2) is 22.2 Å². The molecule has 0 atom stereocenters. The number of nitrogens with zero attached hydrogens (tertiary/aromatic N) is 1. The van der Waals surface area contributed by atoms with Crippen LogP contribution >= 0.6 is 11.6 Å². The molecule has 0 saturated heterocycles. The molecule has 1 heterocycles. The highest BCUT2D eigenvalue weighted by molar-refractivity contribution is 6.32. The highest BCUT2D eigenvalue weighted by Gasteiger charge is 2.14. The number of aliphatic hydroxyl groups is 1. The Kier molecular flexibility index (Phi) is 4.60. The van der Waals surface area contributed by atoms with Gasteiger partial charge in [0.05, 0.1) is 12.1 Å². The molecule has 0 aliphatic carbocycles. The van der Waals surface area contributed by atoms with E-state index in [1.165, 1.54) is 4.57 Å². The molecule has 0 saturated carbocycles. The van der Waals surface area contributed by atoms with Crippen LogP contribution in [0.4, 0.5) is 0 Å². The number of para-hydroxylation sites is 1. The molecule has 1 N–H and O–H groups in total. The Labute approximate surface area is 145 Å². The number of aromatic nitrogens is 1. The number of rotatable bonds is 4. The van der Waals surface area contributed by atoms with E-state index in [0.717, 1.165) is 27.6 Å². The summed E-state index contributed by atoms with van der Waals surface area (Å²) < 4.78 is 7.16. The molecule has 0 fully saturated rings. The summed E-state index contributed by atoms with van der Waals surface area (Å²) in [5.74, 6) is 0.415. The number of benzene rings is 2. The van der Waals surface area contributed by atoms with Crippen LogP contribution in [0.1, 0.15) is 21.5 Å². The third-order valence-electron chi connectivity index (χ3n) is 4.01. The highest BCUT2D eigenvalue weighted by atomic mass is 35.5. The molecule has 1 aromatic heterocycles.